The lowest BCUT2D eigenvalue weighted by molar-refractivity contribution is -0.137. The number of aryl methyl sites for hydroxylation is 1. The van der Waals surface area contributed by atoms with Crippen LogP contribution >= 0.6 is 0 Å². The lowest BCUT2D eigenvalue weighted by Gasteiger charge is -2.30. The molecule has 2 amide bonds. The van der Waals surface area contributed by atoms with E-state index >= 15 is 0 Å². The summed E-state index contributed by atoms with van der Waals surface area (Å²) >= 11 is 0. The van der Waals surface area contributed by atoms with Gasteiger partial charge in [0.2, 0.25) is 11.8 Å². The molecule has 2 aromatic heterocycles. The van der Waals surface area contributed by atoms with Crippen molar-refractivity contribution >= 4 is 17.8 Å². The Hall–Kier alpha value is -3.44. The van der Waals surface area contributed by atoms with Gasteiger partial charge in [-0.2, -0.15) is 18.3 Å². The molecule has 0 saturated carbocycles. The van der Waals surface area contributed by atoms with Gasteiger partial charge in [-0.1, -0.05) is 6.07 Å². The molecule has 0 bridgehead atoms. The van der Waals surface area contributed by atoms with Gasteiger partial charge in [0, 0.05) is 69.2 Å². The molecule has 0 radical (unpaired) electrons. The molecule has 0 unspecified atom stereocenters. The molecule has 4 heterocycles. The number of carbonyl (C=O) groups excluding carboxylic acids is 3. The fourth-order valence-corrected chi connectivity index (χ4v) is 4.52. The zero-order valence-corrected chi connectivity index (χ0v) is 19.3. The number of rotatable bonds is 7. The van der Waals surface area contributed by atoms with Gasteiger partial charge >= 0.3 is 12.1 Å². The maximum absolute atomic E-state index is 13.3. The first-order valence-electron chi connectivity index (χ1n) is 11.4. The second-order valence-corrected chi connectivity index (χ2v) is 8.63. The van der Waals surface area contributed by atoms with E-state index in [1.54, 1.807) is 35.2 Å². The SMILES string of the molecule is CCOC(=O)c1nn(CCC(F)(F)F)c2c1CN(C(=O)[C@@H]1CC(=O)N(Cc3cccnc3)C1)CC2. The van der Waals surface area contributed by atoms with E-state index in [0.717, 1.165) is 5.56 Å². The van der Waals surface area contributed by atoms with Crippen LogP contribution in [0.25, 0.3) is 0 Å². The minimum Gasteiger partial charge on any atom is -0.461 e. The normalized spacial score (nSPS) is 18.1. The molecule has 0 aromatic carbocycles. The summed E-state index contributed by atoms with van der Waals surface area (Å²) in [6.45, 7) is 2.21. The summed E-state index contributed by atoms with van der Waals surface area (Å²) in [4.78, 5) is 45.4. The Labute approximate surface area is 199 Å². The fourth-order valence-electron chi connectivity index (χ4n) is 4.52. The van der Waals surface area contributed by atoms with Gasteiger partial charge in [0.1, 0.15) is 0 Å². The number of halogens is 3. The number of fused-ring (bicyclic) bond motifs is 1. The van der Waals surface area contributed by atoms with Crippen LogP contribution in [0.1, 0.15) is 47.1 Å². The van der Waals surface area contributed by atoms with Crippen LogP contribution in [0, 0.1) is 5.92 Å². The summed E-state index contributed by atoms with van der Waals surface area (Å²) in [5.41, 5.74) is 1.70. The summed E-state index contributed by atoms with van der Waals surface area (Å²) in [5.74, 6) is -1.62. The highest BCUT2D eigenvalue weighted by atomic mass is 19.4. The van der Waals surface area contributed by atoms with Gasteiger partial charge < -0.3 is 14.5 Å². The molecule has 2 aliphatic heterocycles. The third-order valence-electron chi connectivity index (χ3n) is 6.18. The third-order valence-corrected chi connectivity index (χ3v) is 6.18. The highest BCUT2D eigenvalue weighted by Gasteiger charge is 2.39. The highest BCUT2D eigenvalue weighted by molar-refractivity contribution is 5.91. The number of pyridine rings is 1. The summed E-state index contributed by atoms with van der Waals surface area (Å²) in [6, 6.07) is 3.63. The Morgan fingerprint density at radius 1 is 1.29 bits per heavy atom. The molecule has 1 atom stereocenters. The first-order chi connectivity index (χ1) is 16.7. The maximum Gasteiger partial charge on any atom is 0.390 e. The van der Waals surface area contributed by atoms with Crippen LogP contribution in [0.3, 0.4) is 0 Å². The van der Waals surface area contributed by atoms with Crippen LogP contribution in [0.15, 0.2) is 24.5 Å². The zero-order valence-electron chi connectivity index (χ0n) is 19.3. The second kappa shape index (κ2) is 10.0. The number of alkyl halides is 3. The first kappa shape index (κ1) is 24.7. The van der Waals surface area contributed by atoms with E-state index < -0.39 is 31.0 Å². The minimum atomic E-state index is -4.36. The smallest absolute Gasteiger partial charge is 0.390 e. The van der Waals surface area contributed by atoms with Crippen molar-refractivity contribution < 1.29 is 32.3 Å². The largest absolute Gasteiger partial charge is 0.461 e. The average Bonchev–Trinajstić information content (AvgIpc) is 3.37. The molecule has 1 saturated heterocycles. The Morgan fingerprint density at radius 3 is 2.77 bits per heavy atom. The standard InChI is InChI=1S/C23H26F3N5O4/c1-2-35-22(34)20-17-14-29(8-5-18(17)31(28-20)9-6-23(24,25)26)21(33)16-10-19(32)30(13-16)12-15-4-3-7-27-11-15/h3-4,7,11,16H,2,5-6,8-10,12-14H2,1H3/t16-/m1/s1. The predicted molar refractivity (Wildman–Crippen MR) is 116 cm³/mol. The molecule has 9 nitrogen and oxygen atoms in total. The molecule has 2 aliphatic rings. The number of carbonyl (C=O) groups is 3. The monoisotopic (exact) mass is 493 g/mol. The summed E-state index contributed by atoms with van der Waals surface area (Å²) in [5, 5.41) is 4.11. The maximum atomic E-state index is 13.3. The van der Waals surface area contributed by atoms with Crippen molar-refractivity contribution in [3.63, 3.8) is 0 Å². The van der Waals surface area contributed by atoms with Gasteiger partial charge in [0.05, 0.1) is 18.9 Å². The third kappa shape index (κ3) is 5.63. The molecule has 1 fully saturated rings. The van der Waals surface area contributed by atoms with E-state index in [-0.39, 0.29) is 56.6 Å². The van der Waals surface area contributed by atoms with Crippen molar-refractivity contribution in [3.8, 4) is 0 Å². The molecule has 35 heavy (non-hydrogen) atoms. The van der Waals surface area contributed by atoms with E-state index in [9.17, 15) is 27.6 Å². The van der Waals surface area contributed by atoms with Gasteiger partial charge in [0.25, 0.3) is 0 Å². The van der Waals surface area contributed by atoms with Crippen LogP contribution in [0.4, 0.5) is 13.2 Å². The topological polar surface area (TPSA) is 97.6 Å². The van der Waals surface area contributed by atoms with Gasteiger partial charge in [-0.05, 0) is 18.6 Å². The lowest BCUT2D eigenvalue weighted by atomic mass is 10.0. The van der Waals surface area contributed by atoms with Crippen LogP contribution in [0.2, 0.25) is 0 Å². The number of aromatic nitrogens is 3. The van der Waals surface area contributed by atoms with Crippen LogP contribution in [-0.4, -0.2) is 68.2 Å². The second-order valence-electron chi connectivity index (χ2n) is 8.63. The van der Waals surface area contributed by atoms with Crippen molar-refractivity contribution in [2.45, 2.75) is 52.0 Å². The minimum absolute atomic E-state index is 0.0294. The Balaban J connectivity index is 1.48. The number of esters is 1. The molecular weight excluding hydrogens is 467 g/mol. The molecule has 0 spiro atoms. The quantitative estimate of drug-likeness (QED) is 0.550. The average molecular weight is 493 g/mol. The van der Waals surface area contributed by atoms with E-state index in [4.69, 9.17) is 4.74 Å². The Morgan fingerprint density at radius 2 is 2.09 bits per heavy atom. The number of nitrogens with zero attached hydrogens (tertiary/aromatic N) is 5. The van der Waals surface area contributed by atoms with Crippen molar-refractivity contribution in [2.75, 3.05) is 19.7 Å². The van der Waals surface area contributed by atoms with Gasteiger partial charge in [-0.15, -0.1) is 0 Å². The molecule has 2 aromatic rings. The van der Waals surface area contributed by atoms with E-state index in [1.165, 1.54) is 4.68 Å². The van der Waals surface area contributed by atoms with Crippen LogP contribution in [0.5, 0.6) is 0 Å². The van der Waals surface area contributed by atoms with E-state index in [0.29, 0.717) is 17.8 Å². The van der Waals surface area contributed by atoms with Crippen molar-refractivity contribution in [2.24, 2.45) is 5.92 Å². The van der Waals surface area contributed by atoms with Gasteiger partial charge in [-0.25, -0.2) is 4.79 Å². The number of likely N-dealkylation sites (tertiary alicyclic amines) is 1. The van der Waals surface area contributed by atoms with Crippen molar-refractivity contribution in [1.82, 2.24) is 24.6 Å². The zero-order chi connectivity index (χ0) is 25.2. The van der Waals surface area contributed by atoms with E-state index in [2.05, 4.69) is 10.1 Å². The van der Waals surface area contributed by atoms with E-state index in [1.807, 2.05) is 6.07 Å². The first-order valence-corrected chi connectivity index (χ1v) is 11.4. The molecule has 188 valence electrons. The number of amides is 2. The van der Waals surface area contributed by atoms with Gasteiger partial charge in [-0.3, -0.25) is 19.3 Å². The van der Waals surface area contributed by atoms with Crippen LogP contribution in [-0.2, 0) is 40.4 Å². The summed E-state index contributed by atoms with van der Waals surface area (Å²) < 4.78 is 44.6. The predicted octanol–water partition coefficient (Wildman–Crippen LogP) is 2.34. The lowest BCUT2D eigenvalue weighted by Crippen LogP contribution is -2.41. The number of hydrogen-bond acceptors (Lipinski definition) is 6. The number of ether oxygens (including phenoxy) is 1. The Bertz CT molecular complexity index is 1100. The van der Waals surface area contributed by atoms with Crippen molar-refractivity contribution in [1.29, 1.82) is 0 Å². The van der Waals surface area contributed by atoms with Gasteiger partial charge in [0.15, 0.2) is 5.69 Å². The molecule has 0 aliphatic carbocycles. The summed E-state index contributed by atoms with van der Waals surface area (Å²) in [7, 11) is 0. The Kier molecular flexibility index (Phi) is 7.08. The molecule has 12 heteroatoms. The summed E-state index contributed by atoms with van der Waals surface area (Å²) in [6.07, 6.45) is -1.80. The molecule has 4 rings (SSSR count). The molecular formula is C23H26F3N5O4. The van der Waals surface area contributed by atoms with Crippen LogP contribution < -0.4 is 0 Å². The fraction of sp³-hybridized carbons (Fsp3) is 0.522. The molecule has 0 N–H and O–H groups in total. The number of hydrogen-bond donors (Lipinski definition) is 0. The van der Waals surface area contributed by atoms with Crippen molar-refractivity contribution in [3.05, 3.63) is 47.0 Å². The highest BCUT2D eigenvalue weighted by Crippen LogP contribution is 2.29.